The van der Waals surface area contributed by atoms with Crippen molar-refractivity contribution in [1.82, 2.24) is 0 Å². The van der Waals surface area contributed by atoms with Crippen LogP contribution in [0.2, 0.25) is 0 Å². The smallest absolute Gasteiger partial charge is 0.363 e. The first kappa shape index (κ1) is 28.0. The van der Waals surface area contributed by atoms with Crippen LogP contribution in [0.15, 0.2) is 75.8 Å². The number of cyclic esters (lactones) is 1. The number of aliphatic imine (C=N–C) groups is 1. The van der Waals surface area contributed by atoms with Crippen LogP contribution in [-0.2, 0) is 14.3 Å². The quantitative estimate of drug-likeness (QED) is 0.103. The van der Waals surface area contributed by atoms with Crippen LogP contribution >= 0.6 is 15.9 Å². The van der Waals surface area contributed by atoms with Crippen molar-refractivity contribution in [1.29, 1.82) is 0 Å². The first-order valence-electron chi connectivity index (χ1n) is 11.5. The van der Waals surface area contributed by atoms with E-state index in [0.717, 1.165) is 0 Å². The van der Waals surface area contributed by atoms with Gasteiger partial charge >= 0.3 is 11.9 Å². The molecule has 3 aromatic rings. The molecule has 3 aromatic carbocycles. The Morgan fingerprint density at radius 3 is 2.25 bits per heavy atom. The molecule has 1 aliphatic rings. The molecule has 0 atom stereocenters. The first-order valence-corrected chi connectivity index (χ1v) is 12.3. The van der Waals surface area contributed by atoms with Gasteiger partial charge in [-0.25, -0.2) is 14.6 Å². The predicted molar refractivity (Wildman–Crippen MR) is 149 cm³/mol. The van der Waals surface area contributed by atoms with Crippen LogP contribution in [-0.4, -0.2) is 44.1 Å². The second-order valence-corrected chi connectivity index (χ2v) is 8.95. The zero-order chi connectivity index (χ0) is 28.8. The number of methoxy groups -OCH3 is 3. The zero-order valence-corrected chi connectivity index (χ0v) is 23.0. The monoisotopic (exact) mass is 608 g/mol. The Kier molecular flexibility index (Phi) is 8.60. The van der Waals surface area contributed by atoms with E-state index in [0.29, 0.717) is 38.4 Å². The SMILES string of the molecule is COc1cc(C2=N/C(=C\c3cc(Br)ccc3OC(=O)/C=C/c3ccc([N+](=O)[O-])cc3)C(=O)O2)cc(OC)c1OC. The lowest BCUT2D eigenvalue weighted by atomic mass is 10.1. The van der Waals surface area contributed by atoms with Gasteiger partial charge in [-0.15, -0.1) is 0 Å². The maximum atomic E-state index is 12.7. The number of carbonyl (C=O) groups is 2. The molecule has 0 saturated heterocycles. The molecular weight excluding hydrogens is 588 g/mol. The third-order valence-electron chi connectivity index (χ3n) is 5.52. The molecule has 0 saturated carbocycles. The summed E-state index contributed by atoms with van der Waals surface area (Å²) in [5.74, 6) is -0.131. The van der Waals surface area contributed by atoms with Crippen molar-refractivity contribution in [3.63, 3.8) is 0 Å². The van der Waals surface area contributed by atoms with Crippen LogP contribution in [0.25, 0.3) is 12.2 Å². The fourth-order valence-corrected chi connectivity index (χ4v) is 4.00. The maximum Gasteiger partial charge on any atom is 0.363 e. The number of non-ortho nitro benzene ring substituents is 1. The van der Waals surface area contributed by atoms with E-state index in [9.17, 15) is 19.7 Å². The molecule has 0 unspecified atom stereocenters. The normalized spacial score (nSPS) is 13.7. The third-order valence-corrected chi connectivity index (χ3v) is 6.02. The van der Waals surface area contributed by atoms with Gasteiger partial charge in [-0.05, 0) is 60.2 Å². The van der Waals surface area contributed by atoms with Crippen LogP contribution in [0.3, 0.4) is 0 Å². The number of nitro benzene ring substituents is 1. The molecule has 4 rings (SSSR count). The topological polar surface area (TPSA) is 136 Å². The minimum atomic E-state index is -0.709. The number of benzene rings is 3. The summed E-state index contributed by atoms with van der Waals surface area (Å²) in [6.45, 7) is 0. The third kappa shape index (κ3) is 6.35. The Labute approximate surface area is 236 Å². The Hall–Kier alpha value is -4.97. The standard InChI is InChI=1S/C28H21BrN2O9/c1-36-23-14-18(15-24(37-2)26(23)38-3)27-30-21(28(33)40-27)13-17-12-19(29)7-10-22(17)39-25(32)11-6-16-4-8-20(9-5-16)31(34)35/h4-15H,1-3H3/b11-6+,21-13-. The summed E-state index contributed by atoms with van der Waals surface area (Å²) in [7, 11) is 4.40. The number of halogens is 1. The van der Waals surface area contributed by atoms with E-state index in [-0.39, 0.29) is 23.0 Å². The molecule has 0 fully saturated rings. The summed E-state index contributed by atoms with van der Waals surface area (Å²) in [5, 5.41) is 10.8. The van der Waals surface area contributed by atoms with Gasteiger partial charge in [0.2, 0.25) is 11.6 Å². The lowest BCUT2D eigenvalue weighted by molar-refractivity contribution is -0.384. The molecule has 0 bridgehead atoms. The van der Waals surface area contributed by atoms with E-state index >= 15 is 0 Å². The van der Waals surface area contributed by atoms with Crippen LogP contribution in [0, 0.1) is 10.1 Å². The van der Waals surface area contributed by atoms with E-state index < -0.39 is 16.9 Å². The van der Waals surface area contributed by atoms with Crippen molar-refractivity contribution in [3.8, 4) is 23.0 Å². The largest absolute Gasteiger partial charge is 0.493 e. The summed E-state index contributed by atoms with van der Waals surface area (Å²) in [6, 6.07) is 13.7. The fourth-order valence-electron chi connectivity index (χ4n) is 3.62. The molecule has 204 valence electrons. The Balaban J connectivity index is 1.59. The highest BCUT2D eigenvalue weighted by Gasteiger charge is 2.27. The summed E-state index contributed by atoms with van der Waals surface area (Å²) >= 11 is 3.37. The van der Waals surface area contributed by atoms with E-state index in [2.05, 4.69) is 20.9 Å². The number of hydrogen-bond acceptors (Lipinski definition) is 10. The van der Waals surface area contributed by atoms with E-state index in [4.69, 9.17) is 23.7 Å². The molecule has 0 spiro atoms. The van der Waals surface area contributed by atoms with Gasteiger partial charge < -0.3 is 23.7 Å². The minimum absolute atomic E-state index is 0.0232. The van der Waals surface area contributed by atoms with Gasteiger partial charge in [-0.1, -0.05) is 15.9 Å². The van der Waals surface area contributed by atoms with E-state index in [1.54, 1.807) is 30.3 Å². The number of hydrogen-bond donors (Lipinski definition) is 0. The molecule has 1 heterocycles. The predicted octanol–water partition coefficient (Wildman–Crippen LogP) is 5.35. The molecule has 40 heavy (non-hydrogen) atoms. The number of nitrogens with zero attached hydrogens (tertiary/aromatic N) is 2. The number of nitro groups is 1. The van der Waals surface area contributed by atoms with Crippen molar-refractivity contribution in [3.05, 3.63) is 97.6 Å². The number of esters is 2. The molecule has 0 aliphatic carbocycles. The average molecular weight is 609 g/mol. The lowest BCUT2D eigenvalue weighted by Gasteiger charge is -2.13. The van der Waals surface area contributed by atoms with E-state index in [1.165, 1.54) is 63.8 Å². The van der Waals surface area contributed by atoms with Crippen molar-refractivity contribution in [2.75, 3.05) is 21.3 Å². The molecule has 0 N–H and O–H groups in total. The summed E-state index contributed by atoms with van der Waals surface area (Å²) in [4.78, 5) is 39.8. The van der Waals surface area contributed by atoms with Crippen molar-refractivity contribution in [2.45, 2.75) is 0 Å². The van der Waals surface area contributed by atoms with Gasteiger partial charge in [0.15, 0.2) is 17.2 Å². The molecule has 0 radical (unpaired) electrons. The van der Waals surface area contributed by atoms with Gasteiger partial charge in [-0.2, -0.15) is 0 Å². The van der Waals surface area contributed by atoms with E-state index in [1.807, 2.05) is 0 Å². The van der Waals surface area contributed by atoms with Crippen LogP contribution in [0.4, 0.5) is 5.69 Å². The summed E-state index contributed by atoms with van der Waals surface area (Å²) < 4.78 is 27.6. The highest BCUT2D eigenvalue weighted by molar-refractivity contribution is 9.10. The Morgan fingerprint density at radius 1 is 0.975 bits per heavy atom. The van der Waals surface area contributed by atoms with Crippen LogP contribution in [0.1, 0.15) is 16.7 Å². The molecule has 0 amide bonds. The van der Waals surface area contributed by atoms with Crippen LogP contribution in [0.5, 0.6) is 23.0 Å². The minimum Gasteiger partial charge on any atom is -0.493 e. The van der Waals surface area contributed by atoms with Gasteiger partial charge in [0.05, 0.1) is 26.3 Å². The second kappa shape index (κ2) is 12.3. The number of ether oxygens (including phenoxy) is 5. The first-order chi connectivity index (χ1) is 19.2. The van der Waals surface area contributed by atoms with Crippen LogP contribution < -0.4 is 18.9 Å². The number of rotatable bonds is 9. The zero-order valence-electron chi connectivity index (χ0n) is 21.4. The van der Waals surface area contributed by atoms with Gasteiger partial charge in [-0.3, -0.25) is 10.1 Å². The summed E-state index contributed by atoms with van der Waals surface area (Å²) in [5.41, 5.74) is 1.29. The fraction of sp³-hybridized carbons (Fsp3) is 0.107. The lowest BCUT2D eigenvalue weighted by Crippen LogP contribution is -2.07. The second-order valence-electron chi connectivity index (χ2n) is 8.04. The van der Waals surface area contributed by atoms with Gasteiger partial charge in [0.25, 0.3) is 5.69 Å². The molecule has 1 aliphatic heterocycles. The highest BCUT2D eigenvalue weighted by Crippen LogP contribution is 2.39. The highest BCUT2D eigenvalue weighted by atomic mass is 79.9. The summed E-state index contributed by atoms with van der Waals surface area (Å²) in [6.07, 6.45) is 4.08. The van der Waals surface area contributed by atoms with Crippen molar-refractivity contribution < 1.29 is 38.2 Å². The average Bonchev–Trinajstić information content (AvgIpc) is 3.32. The Morgan fingerprint density at radius 2 is 1.65 bits per heavy atom. The van der Waals surface area contributed by atoms with Gasteiger partial charge in [0.1, 0.15) is 5.75 Å². The molecular formula is C28H21BrN2O9. The number of carbonyl (C=O) groups excluding carboxylic acids is 2. The molecule has 0 aromatic heterocycles. The molecule has 11 nitrogen and oxygen atoms in total. The Bertz CT molecular complexity index is 1550. The maximum absolute atomic E-state index is 12.7. The molecule has 12 heteroatoms. The van der Waals surface area contributed by atoms with Gasteiger partial charge in [0, 0.05) is 33.8 Å². The van der Waals surface area contributed by atoms with Crippen molar-refractivity contribution >= 4 is 51.6 Å². The van der Waals surface area contributed by atoms with Crippen molar-refractivity contribution in [2.24, 2.45) is 4.99 Å².